The molecule has 1 aromatic carbocycles. The summed E-state index contributed by atoms with van der Waals surface area (Å²) in [4.78, 5) is 38.2. The molecule has 0 saturated carbocycles. The second-order valence-electron chi connectivity index (χ2n) is 6.02. The third-order valence-corrected chi connectivity index (χ3v) is 5.52. The zero-order valence-corrected chi connectivity index (χ0v) is 17.4. The second kappa shape index (κ2) is 8.89. The Morgan fingerprint density at radius 2 is 1.96 bits per heavy atom. The van der Waals surface area contributed by atoms with Crippen LogP contribution in [-0.4, -0.2) is 34.7 Å². The first-order chi connectivity index (χ1) is 13.3. The van der Waals surface area contributed by atoms with Gasteiger partial charge in [-0.1, -0.05) is 23.4 Å². The number of thioether (sulfide) groups is 1. The van der Waals surface area contributed by atoms with Gasteiger partial charge in [-0.25, -0.2) is 0 Å². The van der Waals surface area contributed by atoms with Crippen molar-refractivity contribution in [3.63, 3.8) is 0 Å². The number of amides is 2. The van der Waals surface area contributed by atoms with Crippen molar-refractivity contribution in [3.05, 3.63) is 52.1 Å². The van der Waals surface area contributed by atoms with E-state index in [1.807, 2.05) is 12.1 Å². The molecule has 6 nitrogen and oxygen atoms in total. The van der Waals surface area contributed by atoms with Gasteiger partial charge in [-0.15, -0.1) is 0 Å². The van der Waals surface area contributed by atoms with Gasteiger partial charge in [0.1, 0.15) is 12.3 Å². The van der Waals surface area contributed by atoms with Crippen molar-refractivity contribution in [1.82, 2.24) is 4.90 Å². The van der Waals surface area contributed by atoms with Crippen LogP contribution in [0, 0.1) is 0 Å². The Labute approximate surface area is 175 Å². The fourth-order valence-corrected chi connectivity index (χ4v) is 4.00. The van der Waals surface area contributed by atoms with Crippen LogP contribution in [0.5, 0.6) is 0 Å². The maximum absolute atomic E-state index is 12.4. The quantitative estimate of drug-likeness (QED) is 0.461. The Balaban J connectivity index is 1.67. The molecule has 2 amide bonds. The number of carbonyl (C=O) groups is 3. The molecule has 0 spiro atoms. The van der Waals surface area contributed by atoms with E-state index in [1.165, 1.54) is 17.8 Å². The number of halogens is 1. The molecular formula is C19H16ClNO5S2. The van der Waals surface area contributed by atoms with Crippen LogP contribution in [0.25, 0.3) is 6.08 Å². The maximum Gasteiger partial charge on any atom is 0.326 e. The van der Waals surface area contributed by atoms with Crippen LogP contribution in [0.15, 0.2) is 55.7 Å². The van der Waals surface area contributed by atoms with Gasteiger partial charge in [-0.3, -0.25) is 19.3 Å². The smallest absolute Gasteiger partial charge is 0.326 e. The summed E-state index contributed by atoms with van der Waals surface area (Å²) in [5.41, 5.74) is 0. The lowest BCUT2D eigenvalue weighted by atomic mass is 10.3. The van der Waals surface area contributed by atoms with Crippen LogP contribution >= 0.6 is 35.1 Å². The highest BCUT2D eigenvalue weighted by Crippen LogP contribution is 2.34. The van der Waals surface area contributed by atoms with Crippen molar-refractivity contribution in [1.29, 1.82) is 0 Å². The predicted octanol–water partition coefficient (Wildman–Crippen LogP) is 5.07. The van der Waals surface area contributed by atoms with E-state index < -0.39 is 23.7 Å². The minimum Gasteiger partial charge on any atom is -0.462 e. The first-order valence-corrected chi connectivity index (χ1v) is 10.3. The zero-order chi connectivity index (χ0) is 20.3. The summed E-state index contributed by atoms with van der Waals surface area (Å²) in [6.07, 6.45) is 1.17. The lowest BCUT2D eigenvalue weighted by Gasteiger charge is -2.13. The first-order valence-electron chi connectivity index (χ1n) is 8.30. The van der Waals surface area contributed by atoms with Gasteiger partial charge >= 0.3 is 5.97 Å². The molecule has 3 rings (SSSR count). The van der Waals surface area contributed by atoms with Crippen LogP contribution in [0.3, 0.4) is 0 Å². The standard InChI is InChI=1S/C19H16ClNO5S2/c1-11(2)25-16(22)10-21-18(23)15(28-19(21)24)9-13-5-8-17(26-13)27-14-6-3-12(20)4-7-14/h3-9,11H,10H2,1-2H3/b15-9+. The molecule has 1 aromatic heterocycles. The Morgan fingerprint density at radius 1 is 1.25 bits per heavy atom. The van der Waals surface area contributed by atoms with Gasteiger partial charge in [0.2, 0.25) is 0 Å². The van der Waals surface area contributed by atoms with Gasteiger partial charge in [0.15, 0.2) is 5.09 Å². The second-order valence-corrected chi connectivity index (χ2v) is 8.53. The molecule has 1 saturated heterocycles. The lowest BCUT2D eigenvalue weighted by molar-refractivity contribution is -0.149. The van der Waals surface area contributed by atoms with Crippen molar-refractivity contribution in [2.45, 2.75) is 29.9 Å². The summed E-state index contributed by atoms with van der Waals surface area (Å²) in [6.45, 7) is 2.99. The molecule has 0 bridgehead atoms. The first kappa shape index (κ1) is 20.6. The average Bonchev–Trinajstić information content (AvgIpc) is 3.16. The number of furan rings is 1. The minimum absolute atomic E-state index is 0.194. The highest BCUT2D eigenvalue weighted by atomic mass is 35.5. The molecule has 0 N–H and O–H groups in total. The van der Waals surface area contributed by atoms with E-state index in [-0.39, 0.29) is 11.0 Å². The fourth-order valence-electron chi connectivity index (χ4n) is 2.28. The SMILES string of the molecule is CC(C)OC(=O)CN1C(=O)S/C(=C/c2ccc(Sc3ccc(Cl)cc3)o2)C1=O. The van der Waals surface area contributed by atoms with Gasteiger partial charge in [-0.05, 0) is 62.0 Å². The Hall–Kier alpha value is -2.16. The lowest BCUT2D eigenvalue weighted by Crippen LogP contribution is -2.35. The highest BCUT2D eigenvalue weighted by molar-refractivity contribution is 8.18. The van der Waals surface area contributed by atoms with Crippen molar-refractivity contribution in [3.8, 4) is 0 Å². The fraction of sp³-hybridized carbons (Fsp3) is 0.211. The Bertz CT molecular complexity index is 936. The maximum atomic E-state index is 12.4. The number of imide groups is 1. The molecule has 2 heterocycles. The van der Waals surface area contributed by atoms with Gasteiger partial charge in [0.25, 0.3) is 11.1 Å². The van der Waals surface area contributed by atoms with E-state index in [9.17, 15) is 14.4 Å². The topological polar surface area (TPSA) is 76.8 Å². The van der Waals surface area contributed by atoms with Crippen molar-refractivity contribution >= 4 is 58.3 Å². The number of esters is 1. The Morgan fingerprint density at radius 3 is 2.64 bits per heavy atom. The largest absolute Gasteiger partial charge is 0.462 e. The van der Waals surface area contributed by atoms with Gasteiger partial charge in [0, 0.05) is 16.0 Å². The van der Waals surface area contributed by atoms with Crippen LogP contribution in [0.2, 0.25) is 5.02 Å². The van der Waals surface area contributed by atoms with E-state index in [0.717, 1.165) is 21.6 Å². The molecule has 1 aliphatic heterocycles. The molecular weight excluding hydrogens is 422 g/mol. The van der Waals surface area contributed by atoms with Gasteiger partial charge < -0.3 is 9.15 Å². The number of rotatable bonds is 6. The van der Waals surface area contributed by atoms with E-state index in [0.29, 0.717) is 15.9 Å². The normalized spacial score (nSPS) is 15.7. The third-order valence-electron chi connectivity index (χ3n) is 3.44. The highest BCUT2D eigenvalue weighted by Gasteiger charge is 2.37. The summed E-state index contributed by atoms with van der Waals surface area (Å²) < 4.78 is 10.7. The molecule has 1 fully saturated rings. The molecule has 28 heavy (non-hydrogen) atoms. The van der Waals surface area contributed by atoms with Crippen molar-refractivity contribution in [2.75, 3.05) is 6.54 Å². The number of hydrogen-bond donors (Lipinski definition) is 0. The molecule has 0 unspecified atom stereocenters. The summed E-state index contributed by atoms with van der Waals surface area (Å²) in [5, 5.41) is 0.769. The van der Waals surface area contributed by atoms with Crippen LogP contribution in [-0.2, 0) is 14.3 Å². The summed E-state index contributed by atoms with van der Waals surface area (Å²) in [6, 6.07) is 10.8. The number of hydrogen-bond acceptors (Lipinski definition) is 7. The van der Waals surface area contributed by atoms with Crippen LogP contribution in [0.4, 0.5) is 4.79 Å². The molecule has 0 radical (unpaired) electrons. The minimum atomic E-state index is -0.627. The summed E-state index contributed by atoms with van der Waals surface area (Å²) >= 11 is 8.04. The molecule has 2 aromatic rings. The Kier molecular flexibility index (Phi) is 6.53. The summed E-state index contributed by atoms with van der Waals surface area (Å²) in [5.74, 6) is -0.732. The van der Waals surface area contributed by atoms with Gasteiger partial charge in [0.05, 0.1) is 11.0 Å². The molecule has 0 atom stereocenters. The average molecular weight is 438 g/mol. The zero-order valence-electron chi connectivity index (χ0n) is 15.0. The van der Waals surface area contributed by atoms with Gasteiger partial charge in [-0.2, -0.15) is 0 Å². The number of nitrogens with zero attached hydrogens (tertiary/aromatic N) is 1. The molecule has 146 valence electrons. The number of carbonyl (C=O) groups excluding carboxylic acids is 3. The van der Waals surface area contributed by atoms with Crippen LogP contribution < -0.4 is 0 Å². The van der Waals surface area contributed by atoms with E-state index >= 15 is 0 Å². The van der Waals surface area contributed by atoms with Crippen molar-refractivity contribution < 1.29 is 23.5 Å². The molecule has 0 aliphatic carbocycles. The predicted molar refractivity (Wildman–Crippen MR) is 108 cm³/mol. The van der Waals surface area contributed by atoms with E-state index in [4.69, 9.17) is 20.8 Å². The van der Waals surface area contributed by atoms with Crippen LogP contribution in [0.1, 0.15) is 19.6 Å². The van der Waals surface area contributed by atoms with E-state index in [2.05, 4.69) is 0 Å². The third kappa shape index (κ3) is 5.21. The summed E-state index contributed by atoms with van der Waals surface area (Å²) in [7, 11) is 0. The number of benzene rings is 1. The number of ether oxygens (including phenoxy) is 1. The van der Waals surface area contributed by atoms with E-state index in [1.54, 1.807) is 38.1 Å². The molecule has 9 heteroatoms. The molecule has 1 aliphatic rings. The van der Waals surface area contributed by atoms with Crippen molar-refractivity contribution in [2.24, 2.45) is 0 Å². The monoisotopic (exact) mass is 437 g/mol.